The first-order chi connectivity index (χ1) is 64.9. The van der Waals surface area contributed by atoms with E-state index in [1.165, 1.54) is 51.5 Å². The lowest BCUT2D eigenvalue weighted by atomic mass is 9.99. The van der Waals surface area contributed by atoms with Crippen LogP contribution in [0.2, 0.25) is 0 Å². The molecule has 0 radical (unpaired) electrons. The molecule has 20 N–H and O–H groups in total. The average molecular weight is 2150 g/mol. The summed E-state index contributed by atoms with van der Waals surface area (Å²) in [5.41, 5.74) is 28.9. The normalized spacial score (nSPS) is 37.2. The third-order valence-electron chi connectivity index (χ3n) is 22.1. The number of nitrogen functional groups attached to an aromatic ring is 6. The minimum Gasteiger partial charge on any atom is -0.383 e. The number of H-pyrrole nitrogens is 3. The van der Waals surface area contributed by atoms with Gasteiger partial charge in [0, 0.05) is 19.0 Å². The van der Waals surface area contributed by atoms with Crippen molar-refractivity contribution in [3.05, 3.63) is 75.0 Å². The number of hydrogen-bond donors (Lipinski definition) is 15. The lowest BCUT2D eigenvalue weighted by Crippen LogP contribution is -2.43. The summed E-state index contributed by atoms with van der Waals surface area (Å²) in [5.74, 6) is 4.41. The Balaban J connectivity index is 0.000000132. The Bertz CT molecular complexity index is 7130. The van der Waals surface area contributed by atoms with E-state index in [4.69, 9.17) is 189 Å². The minimum atomic E-state index is -4.39. The number of nitrogens with two attached hydrogens (primary N) is 6. The van der Waals surface area contributed by atoms with Gasteiger partial charge >= 0.3 is 40.4 Å². The maximum Gasteiger partial charge on any atom is 0.386 e. The van der Waals surface area contributed by atoms with Crippen LogP contribution in [0.3, 0.4) is 0 Å². The number of aromatic nitrogens is 26. The molecule has 9 saturated heterocycles. The summed E-state index contributed by atoms with van der Waals surface area (Å²) in [6.45, 7) is -30.1. The summed E-state index contributed by atoms with van der Waals surface area (Å²) in [6, 6.07) is 1.56. The van der Waals surface area contributed by atoms with E-state index < -0.39 is 231 Å². The van der Waals surface area contributed by atoms with Crippen LogP contribution in [0.5, 0.6) is 0 Å². The van der Waals surface area contributed by atoms with Crippen molar-refractivity contribution < 1.29 is 129 Å². The lowest BCUT2D eigenvalue weighted by Gasteiger charge is -2.32. The molecule has 21 heterocycles. The highest BCUT2D eigenvalue weighted by Crippen LogP contribution is 2.62. The molecule has 75 heteroatoms. The van der Waals surface area contributed by atoms with Crippen LogP contribution in [0, 0.1) is 24.7 Å². The molecule has 0 amide bonds. The van der Waals surface area contributed by atoms with E-state index in [1.807, 2.05) is 0 Å². The van der Waals surface area contributed by atoms with Gasteiger partial charge in [0.25, 0.3) is 16.7 Å². The molecular formula is C62H66F4N32O27P6S6. The molecule has 12 aromatic rings. The molecule has 59 nitrogen and oxygen atoms in total. The molecule has 137 heavy (non-hydrogen) atoms. The molecule has 730 valence electrons. The maximum absolute atomic E-state index is 16.0. The Hall–Kier alpha value is -8.89. The van der Waals surface area contributed by atoms with Crippen molar-refractivity contribution in [1.82, 2.24) is 128 Å². The molecule has 9 fully saturated rings. The largest absolute Gasteiger partial charge is 0.386 e. The maximum atomic E-state index is 16.0. The fourth-order valence-electron chi connectivity index (χ4n) is 15.9. The van der Waals surface area contributed by atoms with Crippen LogP contribution >= 0.6 is 52.6 Å². The van der Waals surface area contributed by atoms with E-state index >= 15 is 17.6 Å². The molecule has 6 unspecified atom stereocenters. The molecule has 0 saturated carbocycles. The fraction of sp³-hybridized carbons (Fsp3) is 0.484. The van der Waals surface area contributed by atoms with Gasteiger partial charge in [-0.2, -0.15) is 29.0 Å². The van der Waals surface area contributed by atoms with Gasteiger partial charge in [-0.25, -0.2) is 62.0 Å². The van der Waals surface area contributed by atoms with E-state index in [-0.39, 0.29) is 92.8 Å². The number of fused-ring (bicyclic) bond motifs is 15. The van der Waals surface area contributed by atoms with E-state index in [0.717, 1.165) is 14.0 Å². The molecule has 6 bridgehead atoms. The molecular weight excluding hydrogens is 2080 g/mol. The Labute approximate surface area is 787 Å². The number of anilines is 6. The first kappa shape index (κ1) is 97.0. The molecule has 0 spiro atoms. The van der Waals surface area contributed by atoms with Gasteiger partial charge < -0.3 is 119 Å². The highest BCUT2D eigenvalue weighted by Gasteiger charge is 2.61. The van der Waals surface area contributed by atoms with Gasteiger partial charge in [-0.15, -0.1) is 28.1 Å². The summed E-state index contributed by atoms with van der Waals surface area (Å²) in [6.07, 6.45) is -11.7. The Morgan fingerprint density at radius 1 is 0.438 bits per heavy atom. The van der Waals surface area contributed by atoms with Crippen molar-refractivity contribution in [2.24, 2.45) is 0 Å². The molecule has 0 aromatic carbocycles. The monoisotopic (exact) mass is 2140 g/mol. The number of halogens is 4. The number of rotatable bonds is 6. The van der Waals surface area contributed by atoms with Gasteiger partial charge in [-0.05, 0) is 65.1 Å². The summed E-state index contributed by atoms with van der Waals surface area (Å²) in [5, 5.41) is 23.2. The molecule has 9 aliphatic heterocycles. The SMILES string of the molecule is C#C[C@@]12COP(O)(=S)O[C@@H]3[C@@H](F)[C@@H](COP(=O)(S)O[C@H]1C[C@H](n1cnc4c(N)ncnc41)O2)O[C@H]3n1nnc2c(=O)[nH]c(N)nc21.C#C[C@@]12COP(O)(=S)O[C@@H]3[C@@H](F)[C@@H](COP(O)(=S)O[C@H]1C[C@H](n1cnc4c(N)ncnc41)O2)O[C@H]3n1nnc2c(=O)[nH]c(N)nc21.Nc1nc2c(nnn2[C@@H]2O[C@@H]3COP(O)(=S)O[C@H]4[C@H](F)[C@H](n5ccc6c(N)ncnc65)O[C@@H]4COP(O)(=S)O[C@@H]2[C@H]3F)c(=O)[nH]1. The number of ether oxygens (including phenoxy) is 6. The molecule has 0 aliphatic carbocycles. The van der Waals surface area contributed by atoms with Crippen LogP contribution in [0.4, 0.5) is 52.9 Å². The van der Waals surface area contributed by atoms with E-state index in [1.54, 1.807) is 6.07 Å². The molecule has 28 atom stereocenters. The van der Waals surface area contributed by atoms with Crippen LogP contribution in [0.1, 0.15) is 50.2 Å². The molecule has 9 aliphatic rings. The number of imidazole rings is 2. The standard InChI is InChI=1S/2C21H22FN11O9P2S2.C20H22F2N10O9P2S2/c2*1-2-21-5-38-44(36,46)42-14-11(22)8(39-19(14)33-17-13(30-31-33)18(34)29-20(24)28-17)4-37-43(35,45)41-9(21)3-10(40-21)32-7-27-12-15(23)25-6-26-16(12)32;21-9-7-3-36-42(34,44)40-12-8(39-18(10(12)22)31-2-1-6-14(23)25-5-26-15(6)31)4-37-43(35,45)41-13(9)19(38-7)32-16-11(29-30-32)17(33)28-20(24)27-16/h2*1,6-11,14,19H,3-5H2,(H,35,45)(H,36,46)(H2,23,25,26)(H3,24,28,29,34);1-2,5,7-10,12-13,18-19H,3-4H2,(H,34,44)(H,35,45)(H2,23,25,26)(H3,24,27,28,33)/t2*8-,9+,10-,11+,14-,19-,21-,43?,44?;7-,8-,9+,10+,12-,13-,18-,19-,42?,43?/m111/s1. The van der Waals surface area contributed by atoms with E-state index in [0.29, 0.717) is 22.2 Å². The van der Waals surface area contributed by atoms with E-state index in [9.17, 15) is 43.4 Å². The third-order valence-corrected chi connectivity index (χ3v) is 31.5. The highest BCUT2D eigenvalue weighted by molar-refractivity contribution is 8.44. The number of alkyl halides is 4. The van der Waals surface area contributed by atoms with Crippen LogP contribution in [-0.4, -0.2) is 289 Å². The third kappa shape index (κ3) is 18.6. The number of nitrogens with zero attached hydrogens (tertiary/aromatic N) is 23. The smallest absolute Gasteiger partial charge is 0.383 e. The van der Waals surface area contributed by atoms with Gasteiger partial charge in [0.05, 0.1) is 57.7 Å². The highest BCUT2D eigenvalue weighted by atomic mass is 32.7. The van der Waals surface area contributed by atoms with Gasteiger partial charge in [0.15, 0.2) is 117 Å². The van der Waals surface area contributed by atoms with Crippen molar-refractivity contribution in [2.45, 2.75) is 147 Å². The summed E-state index contributed by atoms with van der Waals surface area (Å²) >= 11 is 30.1. The van der Waals surface area contributed by atoms with Gasteiger partial charge in [-0.1, -0.05) is 39.7 Å². The number of thiol groups is 1. The van der Waals surface area contributed by atoms with Crippen LogP contribution in [0.15, 0.2) is 58.3 Å². The summed E-state index contributed by atoms with van der Waals surface area (Å²) in [7, 11) is 0. The average Bonchev–Trinajstić information content (AvgIpc) is 1.62. The zero-order valence-electron chi connectivity index (χ0n) is 68.1. The van der Waals surface area contributed by atoms with Crippen LogP contribution in [0.25, 0.3) is 66.9 Å². The van der Waals surface area contributed by atoms with Gasteiger partial charge in [0.2, 0.25) is 17.8 Å². The zero-order chi connectivity index (χ0) is 97.0. The predicted molar refractivity (Wildman–Crippen MR) is 474 cm³/mol. The van der Waals surface area contributed by atoms with Gasteiger partial charge in [-0.3, -0.25) is 65.6 Å². The summed E-state index contributed by atoms with van der Waals surface area (Å²) < 4.78 is 187. The summed E-state index contributed by atoms with van der Waals surface area (Å²) in [4.78, 5) is 144. The lowest BCUT2D eigenvalue weighted by molar-refractivity contribution is -0.0903. The van der Waals surface area contributed by atoms with Gasteiger partial charge in [0.1, 0.15) is 115 Å². The minimum absolute atomic E-state index is 0.0502. The Morgan fingerprint density at radius 3 is 1.21 bits per heavy atom. The first-order valence-corrected chi connectivity index (χ1v) is 54.7. The second-order valence-corrected chi connectivity index (χ2v) is 47.4. The Morgan fingerprint density at radius 2 is 0.796 bits per heavy atom. The number of nitrogens with one attached hydrogen (secondary N) is 3. The van der Waals surface area contributed by atoms with E-state index in [2.05, 4.69) is 125 Å². The molecule has 21 rings (SSSR count). The molecule has 12 aromatic heterocycles. The topological polar surface area (TPSA) is 788 Å². The second kappa shape index (κ2) is 36.6. The first-order valence-electron chi connectivity index (χ1n) is 39.1. The quantitative estimate of drug-likeness (QED) is 0.0422. The van der Waals surface area contributed by atoms with Crippen LogP contribution in [-0.2, 0) is 146 Å². The zero-order valence-corrected chi connectivity index (χ0v) is 78.4. The number of aromatic amines is 3. The second-order valence-electron chi connectivity index (χ2n) is 30.6. The fourth-order valence-corrected chi connectivity index (χ4v) is 24.5. The number of hydrogen-bond acceptors (Lipinski definition) is 50. The number of terminal acetylenes is 2. The van der Waals surface area contributed by atoms with Crippen molar-refractivity contribution in [2.75, 3.05) is 74.0 Å². The van der Waals surface area contributed by atoms with Crippen LogP contribution < -0.4 is 51.1 Å². The van der Waals surface area contributed by atoms with Crippen molar-refractivity contribution >= 4 is 214 Å². The van der Waals surface area contributed by atoms with Crippen molar-refractivity contribution in [3.8, 4) is 24.7 Å². The predicted octanol–water partition coefficient (Wildman–Crippen LogP) is -0.741. The Kier molecular flexibility index (Phi) is 25.9. The van der Waals surface area contributed by atoms with Crippen molar-refractivity contribution in [3.63, 3.8) is 0 Å². The van der Waals surface area contributed by atoms with Crippen molar-refractivity contribution in [1.29, 1.82) is 0 Å².